The summed E-state index contributed by atoms with van der Waals surface area (Å²) in [7, 11) is -2.35. The van der Waals surface area contributed by atoms with Crippen LogP contribution in [-0.2, 0) is 10.3 Å². The molecule has 5 nitrogen and oxygen atoms in total. The summed E-state index contributed by atoms with van der Waals surface area (Å²) in [5.41, 5.74) is 0.486. The lowest BCUT2D eigenvalue weighted by atomic mass is 9.85. The van der Waals surface area contributed by atoms with Gasteiger partial charge in [0.15, 0.2) is 0 Å². The van der Waals surface area contributed by atoms with Gasteiger partial charge in [-0.25, -0.2) is 0 Å². The lowest BCUT2D eigenvalue weighted by Crippen LogP contribution is -2.22. The molecule has 0 saturated carbocycles. The van der Waals surface area contributed by atoms with Crippen molar-refractivity contribution in [3.63, 3.8) is 0 Å². The van der Waals surface area contributed by atoms with Crippen molar-refractivity contribution in [1.82, 2.24) is 0 Å². The first-order valence-electron chi connectivity index (χ1n) is 5.15. The van der Waals surface area contributed by atoms with E-state index in [2.05, 4.69) is 6.58 Å². The van der Waals surface area contributed by atoms with Crippen LogP contribution in [0.25, 0.3) is 0 Å². The van der Waals surface area contributed by atoms with Gasteiger partial charge < -0.3 is 0 Å². The van der Waals surface area contributed by atoms with Gasteiger partial charge in [0.05, 0.1) is 9.79 Å². The van der Waals surface area contributed by atoms with Crippen LogP contribution in [0.1, 0.15) is 19.8 Å². The smallest absolute Gasteiger partial charge is 0.258 e. The number of nitrogens with zero attached hydrogens (tertiary/aromatic N) is 1. The Kier molecular flexibility index (Phi) is 4.39. The highest BCUT2D eigenvalue weighted by Crippen LogP contribution is 2.29. The maximum atomic E-state index is 11.0. The summed E-state index contributed by atoms with van der Waals surface area (Å²) >= 11 is 0. The Morgan fingerprint density at radius 1 is 1.53 bits per heavy atom. The fraction of sp³-hybridized carbons (Fsp3) is 0.364. The fourth-order valence-corrected chi connectivity index (χ4v) is 2.65. The summed E-state index contributed by atoms with van der Waals surface area (Å²) in [5.74, 6) is -0.420. The zero-order valence-electron chi connectivity index (χ0n) is 9.42. The molecule has 1 rings (SSSR count). The molecule has 0 amide bonds. The van der Waals surface area contributed by atoms with Crippen molar-refractivity contribution in [2.24, 2.45) is 5.92 Å². The van der Waals surface area contributed by atoms with Gasteiger partial charge in [-0.05, 0) is 18.9 Å². The van der Waals surface area contributed by atoms with Crippen molar-refractivity contribution in [3.8, 4) is 0 Å². The molecular weight excluding hydrogens is 242 g/mol. The summed E-state index contributed by atoms with van der Waals surface area (Å²) in [5, 5.41) is 10.9. The predicted molar refractivity (Wildman–Crippen MR) is 65.7 cm³/mol. The molecule has 0 fully saturated rings. The second kappa shape index (κ2) is 5.58. The zero-order valence-corrected chi connectivity index (χ0v) is 10.2. The van der Waals surface area contributed by atoms with Crippen LogP contribution in [0.5, 0.6) is 0 Å². The van der Waals surface area contributed by atoms with Crippen LogP contribution in [0.4, 0.5) is 0 Å². The number of rotatable bonds is 4. The second-order valence-electron chi connectivity index (χ2n) is 3.59. The van der Waals surface area contributed by atoms with Crippen molar-refractivity contribution in [2.45, 2.75) is 19.8 Å². The first kappa shape index (κ1) is 13.4. The van der Waals surface area contributed by atoms with E-state index in [0.29, 0.717) is 18.4 Å². The van der Waals surface area contributed by atoms with Crippen molar-refractivity contribution < 1.29 is 13.3 Å². The Bertz CT molecular complexity index is 532. The molecule has 92 valence electrons. The fourth-order valence-electron chi connectivity index (χ4n) is 1.93. The highest BCUT2D eigenvalue weighted by molar-refractivity contribution is 7.73. The molecule has 17 heavy (non-hydrogen) atoms. The molecule has 0 N–H and O–H groups in total. The Balaban J connectivity index is 3.43. The Labute approximate surface area is 101 Å². The maximum Gasteiger partial charge on any atom is 0.269 e. The Morgan fingerprint density at radius 3 is 2.59 bits per heavy atom. The van der Waals surface area contributed by atoms with Gasteiger partial charge >= 0.3 is 0 Å². The van der Waals surface area contributed by atoms with Crippen LogP contribution in [0.3, 0.4) is 0 Å². The summed E-state index contributed by atoms with van der Waals surface area (Å²) in [6.07, 6.45) is 4.93. The molecule has 1 aliphatic rings. The largest absolute Gasteiger partial charge is 0.269 e. The summed E-state index contributed by atoms with van der Waals surface area (Å²) < 4.78 is 22.1. The molecule has 0 saturated heterocycles. The van der Waals surface area contributed by atoms with Gasteiger partial charge in [0.2, 0.25) is 10.3 Å². The summed E-state index contributed by atoms with van der Waals surface area (Å²) in [6.45, 7) is 5.35. The van der Waals surface area contributed by atoms with E-state index >= 15 is 0 Å². The lowest BCUT2D eigenvalue weighted by Gasteiger charge is -2.19. The first-order chi connectivity index (χ1) is 8.02. The molecule has 1 aliphatic carbocycles. The summed E-state index contributed by atoms with van der Waals surface area (Å²) in [4.78, 5) is 10.6. The van der Waals surface area contributed by atoms with Crippen molar-refractivity contribution in [2.75, 3.05) is 0 Å². The summed E-state index contributed by atoms with van der Waals surface area (Å²) in [6, 6.07) is 0. The van der Waals surface area contributed by atoms with Crippen LogP contribution in [0.2, 0.25) is 0 Å². The third-order valence-electron chi connectivity index (χ3n) is 2.66. The lowest BCUT2D eigenvalue weighted by molar-refractivity contribution is -0.420. The Morgan fingerprint density at radius 2 is 2.18 bits per heavy atom. The highest BCUT2D eigenvalue weighted by atomic mass is 32.2. The van der Waals surface area contributed by atoms with Gasteiger partial charge in [0, 0.05) is 17.6 Å². The van der Waals surface area contributed by atoms with Gasteiger partial charge in [-0.1, -0.05) is 13.0 Å². The van der Waals surface area contributed by atoms with E-state index in [1.165, 1.54) is 12.2 Å². The van der Waals surface area contributed by atoms with Crippen molar-refractivity contribution in [3.05, 3.63) is 46.2 Å². The van der Waals surface area contributed by atoms with Crippen LogP contribution in [0, 0.1) is 16.0 Å². The Hall–Kier alpha value is -1.69. The zero-order chi connectivity index (χ0) is 13.0. The van der Waals surface area contributed by atoms with E-state index in [-0.39, 0.29) is 10.6 Å². The van der Waals surface area contributed by atoms with Gasteiger partial charge in [-0.15, -0.1) is 6.58 Å². The average Bonchev–Trinajstić information content (AvgIpc) is 2.28. The van der Waals surface area contributed by atoms with E-state index < -0.39 is 21.1 Å². The van der Waals surface area contributed by atoms with Crippen molar-refractivity contribution in [1.29, 1.82) is 0 Å². The van der Waals surface area contributed by atoms with E-state index in [9.17, 15) is 18.5 Å². The molecule has 0 bridgehead atoms. The molecule has 0 aromatic carbocycles. The molecular formula is C11H13NO4S. The van der Waals surface area contributed by atoms with Crippen LogP contribution in [0.15, 0.2) is 36.1 Å². The standard InChI is InChI=1S/C11H13NO4S/c1-3-5-9-8(4-2)11(17(15)16)7-6-10(9)12(13)14/h3,6-8H,1,4-5H2,2H3. The minimum atomic E-state index is -2.35. The van der Waals surface area contributed by atoms with E-state index in [1.54, 1.807) is 13.0 Å². The quantitative estimate of drug-likeness (QED) is 0.332. The topological polar surface area (TPSA) is 77.3 Å². The van der Waals surface area contributed by atoms with Crippen LogP contribution in [-0.4, -0.2) is 18.2 Å². The third kappa shape index (κ3) is 2.71. The molecule has 1 atom stereocenters. The van der Waals surface area contributed by atoms with Crippen LogP contribution < -0.4 is 0 Å². The number of hydrogen-bond acceptors (Lipinski definition) is 4. The van der Waals surface area contributed by atoms with Gasteiger partial charge in [-0.3, -0.25) is 10.1 Å². The normalized spacial score (nSPS) is 19.4. The molecule has 0 aliphatic heterocycles. The minimum absolute atomic E-state index is 0.0223. The van der Waals surface area contributed by atoms with E-state index in [0.717, 1.165) is 0 Å². The number of hydrogen-bond donors (Lipinski definition) is 0. The van der Waals surface area contributed by atoms with Gasteiger partial charge in [-0.2, -0.15) is 8.42 Å². The van der Waals surface area contributed by atoms with E-state index in [1.807, 2.05) is 0 Å². The molecule has 0 aromatic heterocycles. The van der Waals surface area contributed by atoms with Crippen molar-refractivity contribution >= 4 is 15.2 Å². The van der Waals surface area contributed by atoms with Gasteiger partial charge in [0.1, 0.15) is 0 Å². The molecule has 6 heteroatoms. The molecule has 0 heterocycles. The highest BCUT2D eigenvalue weighted by Gasteiger charge is 2.29. The second-order valence-corrected chi connectivity index (χ2v) is 4.53. The minimum Gasteiger partial charge on any atom is -0.258 e. The first-order valence-corrected chi connectivity index (χ1v) is 6.22. The molecule has 1 unspecified atom stereocenters. The average molecular weight is 255 g/mol. The molecule has 0 spiro atoms. The predicted octanol–water partition coefficient (Wildman–Crippen LogP) is 1.74. The SMILES string of the molecule is C=CCC1=C([N+](=O)[O-])C=CC(=S(=O)=O)C1CC. The van der Waals surface area contributed by atoms with Gasteiger partial charge in [0.25, 0.3) is 5.70 Å². The van der Waals surface area contributed by atoms with E-state index in [4.69, 9.17) is 0 Å². The maximum absolute atomic E-state index is 11.0. The molecule has 0 aromatic rings. The molecule has 0 radical (unpaired) electrons. The monoisotopic (exact) mass is 255 g/mol. The van der Waals surface area contributed by atoms with Crippen LogP contribution >= 0.6 is 0 Å². The number of nitro groups is 1. The third-order valence-corrected chi connectivity index (χ3v) is 3.47. The number of allylic oxidation sites excluding steroid dienone is 4.